The molecule has 0 unspecified atom stereocenters. The van der Waals surface area contributed by atoms with E-state index in [-0.39, 0.29) is 29.3 Å². The first-order chi connectivity index (χ1) is 15.9. The van der Waals surface area contributed by atoms with E-state index in [4.69, 9.17) is 9.47 Å². The third-order valence-corrected chi connectivity index (χ3v) is 6.06. The molecule has 3 heterocycles. The predicted octanol–water partition coefficient (Wildman–Crippen LogP) is 4.71. The van der Waals surface area contributed by atoms with Crippen molar-refractivity contribution in [1.82, 2.24) is 4.98 Å². The molecule has 0 radical (unpaired) electrons. The van der Waals surface area contributed by atoms with Gasteiger partial charge in [-0.05, 0) is 55.9 Å². The number of pyridine rings is 1. The highest BCUT2D eigenvalue weighted by Crippen LogP contribution is 2.47. The molecule has 7 heteroatoms. The minimum atomic E-state index is -0.646. The SMILES string of the molecule is C[C@@H]1CCCC(=O)CCCC=Cc2cc3c(c(O)c2C(=O)O1)[C@H](c1cccnc1)CC(=O)O3. The van der Waals surface area contributed by atoms with Crippen molar-refractivity contribution in [1.29, 1.82) is 0 Å². The topological polar surface area (TPSA) is 103 Å². The van der Waals surface area contributed by atoms with Crippen molar-refractivity contribution in [2.45, 2.75) is 63.9 Å². The third kappa shape index (κ3) is 5.13. The maximum Gasteiger partial charge on any atom is 0.342 e. The van der Waals surface area contributed by atoms with Crippen LogP contribution in [0, 0.1) is 0 Å². The summed E-state index contributed by atoms with van der Waals surface area (Å²) < 4.78 is 11.1. The molecule has 1 aromatic carbocycles. The fourth-order valence-electron chi connectivity index (χ4n) is 4.39. The Balaban J connectivity index is 1.80. The summed E-state index contributed by atoms with van der Waals surface area (Å²) in [6, 6.07) is 5.19. The number of hydrogen-bond donors (Lipinski definition) is 1. The van der Waals surface area contributed by atoms with Crippen molar-refractivity contribution < 1.29 is 29.0 Å². The van der Waals surface area contributed by atoms with Gasteiger partial charge >= 0.3 is 11.9 Å². The van der Waals surface area contributed by atoms with Gasteiger partial charge in [0.1, 0.15) is 22.8 Å². The van der Waals surface area contributed by atoms with E-state index in [9.17, 15) is 19.5 Å². The van der Waals surface area contributed by atoms with Crippen LogP contribution in [0.2, 0.25) is 0 Å². The number of ether oxygens (including phenoxy) is 2. The van der Waals surface area contributed by atoms with Crippen molar-refractivity contribution in [3.8, 4) is 11.5 Å². The molecule has 2 aliphatic rings. The van der Waals surface area contributed by atoms with E-state index in [1.165, 1.54) is 0 Å². The van der Waals surface area contributed by atoms with Gasteiger partial charge in [-0.1, -0.05) is 18.2 Å². The van der Waals surface area contributed by atoms with Gasteiger partial charge in [-0.2, -0.15) is 0 Å². The number of fused-ring (bicyclic) bond motifs is 2. The second-order valence-electron chi connectivity index (χ2n) is 8.56. The highest BCUT2D eigenvalue weighted by atomic mass is 16.5. The summed E-state index contributed by atoms with van der Waals surface area (Å²) in [6.07, 6.45) is 9.98. The zero-order valence-electron chi connectivity index (χ0n) is 18.6. The zero-order valence-corrected chi connectivity index (χ0v) is 18.6. The number of phenolic OH excluding ortho intramolecular Hbond substituents is 1. The summed E-state index contributed by atoms with van der Waals surface area (Å²) in [5, 5.41) is 11.3. The molecule has 1 N–H and O–H groups in total. The van der Waals surface area contributed by atoms with Crippen molar-refractivity contribution in [3.05, 3.63) is 58.9 Å². The Morgan fingerprint density at radius 2 is 1.97 bits per heavy atom. The highest BCUT2D eigenvalue weighted by Gasteiger charge is 2.35. The van der Waals surface area contributed by atoms with Gasteiger partial charge in [-0.3, -0.25) is 14.6 Å². The van der Waals surface area contributed by atoms with Crippen LogP contribution >= 0.6 is 0 Å². The first-order valence-corrected chi connectivity index (χ1v) is 11.3. The second kappa shape index (κ2) is 9.98. The van der Waals surface area contributed by atoms with E-state index in [0.717, 1.165) is 5.56 Å². The maximum atomic E-state index is 13.2. The number of aromatic nitrogens is 1. The van der Waals surface area contributed by atoms with E-state index in [2.05, 4.69) is 4.98 Å². The summed E-state index contributed by atoms with van der Waals surface area (Å²) in [7, 11) is 0. The van der Waals surface area contributed by atoms with E-state index in [0.29, 0.717) is 49.7 Å². The van der Waals surface area contributed by atoms with Crippen LogP contribution in [0.1, 0.15) is 84.8 Å². The summed E-state index contributed by atoms with van der Waals surface area (Å²) in [5.41, 5.74) is 1.59. The number of carbonyl (C=O) groups is 3. The van der Waals surface area contributed by atoms with E-state index < -0.39 is 24.0 Å². The van der Waals surface area contributed by atoms with Gasteiger partial charge in [0, 0.05) is 36.7 Å². The van der Waals surface area contributed by atoms with Crippen LogP contribution in [0.15, 0.2) is 36.7 Å². The van der Waals surface area contributed by atoms with Gasteiger partial charge in [-0.25, -0.2) is 4.79 Å². The molecular weight excluding hydrogens is 422 g/mol. The Bertz CT molecular complexity index is 1090. The smallest absolute Gasteiger partial charge is 0.342 e. The molecule has 0 amide bonds. The number of benzene rings is 1. The molecule has 1 aromatic heterocycles. The number of Topliss-reactive ketones (excluding diaryl/α,β-unsaturated/α-hetero) is 1. The Kier molecular flexibility index (Phi) is 6.87. The molecule has 2 aromatic rings. The fourth-order valence-corrected chi connectivity index (χ4v) is 4.39. The zero-order chi connectivity index (χ0) is 23.4. The summed E-state index contributed by atoms with van der Waals surface area (Å²) >= 11 is 0. The first-order valence-electron chi connectivity index (χ1n) is 11.3. The van der Waals surface area contributed by atoms with E-state index in [1.54, 1.807) is 37.5 Å². The van der Waals surface area contributed by atoms with E-state index in [1.807, 2.05) is 12.1 Å². The number of nitrogens with zero attached hydrogens (tertiary/aromatic N) is 1. The first kappa shape index (κ1) is 22.7. The van der Waals surface area contributed by atoms with Crippen LogP contribution in [0.3, 0.4) is 0 Å². The minimum Gasteiger partial charge on any atom is -0.507 e. The average Bonchev–Trinajstić information content (AvgIpc) is 2.78. The van der Waals surface area contributed by atoms with Crippen molar-refractivity contribution in [3.63, 3.8) is 0 Å². The van der Waals surface area contributed by atoms with Crippen LogP contribution in [0.5, 0.6) is 11.5 Å². The molecule has 4 rings (SSSR count). The van der Waals surface area contributed by atoms with Crippen LogP contribution in [-0.4, -0.2) is 33.9 Å². The lowest BCUT2D eigenvalue weighted by molar-refractivity contribution is -0.135. The van der Waals surface area contributed by atoms with Crippen molar-refractivity contribution in [2.24, 2.45) is 0 Å². The third-order valence-electron chi connectivity index (χ3n) is 6.06. The Labute approximate surface area is 192 Å². The van der Waals surface area contributed by atoms with Crippen LogP contribution in [0.25, 0.3) is 6.08 Å². The van der Waals surface area contributed by atoms with Crippen LogP contribution in [-0.2, 0) is 14.3 Å². The second-order valence-corrected chi connectivity index (χ2v) is 8.56. The standard InChI is InChI=1S/C26H27NO6/c1-16-7-5-11-19(28)10-4-2-3-8-17-13-21-24(25(30)23(17)26(31)32-16)20(14-22(29)33-21)18-9-6-12-27-15-18/h3,6,8-9,12-13,15-16,20,30H,2,4-5,7,10-11,14H2,1H3/t16-,20+/m1/s1. The summed E-state index contributed by atoms with van der Waals surface area (Å²) in [4.78, 5) is 41.6. The minimum absolute atomic E-state index is 0.0281. The molecule has 2 aliphatic heterocycles. The molecule has 0 aliphatic carbocycles. The van der Waals surface area contributed by atoms with Gasteiger partial charge in [-0.15, -0.1) is 0 Å². The van der Waals surface area contributed by atoms with Gasteiger partial charge in [0.25, 0.3) is 0 Å². The van der Waals surface area contributed by atoms with E-state index >= 15 is 0 Å². The molecule has 0 fully saturated rings. The van der Waals surface area contributed by atoms with Gasteiger partial charge < -0.3 is 14.6 Å². The molecule has 0 spiro atoms. The van der Waals surface area contributed by atoms with Crippen LogP contribution < -0.4 is 4.74 Å². The highest BCUT2D eigenvalue weighted by molar-refractivity contribution is 5.98. The summed E-state index contributed by atoms with van der Waals surface area (Å²) in [5.74, 6) is -1.37. The number of ketones is 1. The average molecular weight is 450 g/mol. The number of carbonyl (C=O) groups excluding carboxylic acids is 3. The van der Waals surface area contributed by atoms with Crippen molar-refractivity contribution in [2.75, 3.05) is 0 Å². The predicted molar refractivity (Wildman–Crippen MR) is 121 cm³/mol. The van der Waals surface area contributed by atoms with Gasteiger partial charge in [0.2, 0.25) is 0 Å². The molecule has 2 atom stereocenters. The lowest BCUT2D eigenvalue weighted by Crippen LogP contribution is -2.23. The Hall–Kier alpha value is -3.48. The number of phenols is 1. The molecule has 0 bridgehead atoms. The fraction of sp³-hybridized carbons (Fsp3) is 0.385. The van der Waals surface area contributed by atoms with Crippen LogP contribution in [0.4, 0.5) is 0 Å². The quantitative estimate of drug-likeness (QED) is 0.497. The molecule has 33 heavy (non-hydrogen) atoms. The summed E-state index contributed by atoms with van der Waals surface area (Å²) in [6.45, 7) is 1.78. The number of aromatic hydroxyl groups is 1. The van der Waals surface area contributed by atoms with Gasteiger partial charge in [0.05, 0.1) is 12.5 Å². The molecule has 172 valence electrons. The number of allylic oxidation sites excluding steroid dienone is 1. The monoisotopic (exact) mass is 449 g/mol. The molecule has 7 nitrogen and oxygen atoms in total. The molecule has 0 saturated carbocycles. The van der Waals surface area contributed by atoms with Gasteiger partial charge in [0.15, 0.2) is 0 Å². The molecular formula is C26H27NO6. The number of esters is 2. The maximum absolute atomic E-state index is 13.2. The van der Waals surface area contributed by atoms with Crippen molar-refractivity contribution >= 4 is 23.8 Å². The largest absolute Gasteiger partial charge is 0.507 e. The lowest BCUT2D eigenvalue weighted by atomic mass is 9.84. The lowest BCUT2D eigenvalue weighted by Gasteiger charge is -2.27. The Morgan fingerprint density at radius 1 is 1.15 bits per heavy atom. The number of rotatable bonds is 1. The number of cyclic esters (lactones) is 1. The Morgan fingerprint density at radius 3 is 2.76 bits per heavy atom. The normalized spacial score (nSPS) is 21.9. The number of hydrogen-bond acceptors (Lipinski definition) is 7. The molecule has 0 saturated heterocycles.